The number of hydrogen-bond acceptors (Lipinski definition) is 4. The smallest absolute Gasteiger partial charge is 0.104 e. The first-order chi connectivity index (χ1) is 7.68. The van der Waals surface area contributed by atoms with Crippen molar-refractivity contribution in [2.45, 2.75) is 38.7 Å². The number of aliphatic hydroxyl groups excluding tert-OH is 1. The van der Waals surface area contributed by atoms with Crippen LogP contribution in [0, 0.1) is 11.3 Å². The van der Waals surface area contributed by atoms with Crippen LogP contribution in [-0.4, -0.2) is 16.6 Å². The summed E-state index contributed by atoms with van der Waals surface area (Å²) in [6, 6.07) is 0. The molecule has 1 heterocycles. The average molecular weight is 240 g/mol. The molecule has 1 saturated carbocycles. The second kappa shape index (κ2) is 4.82. The molecule has 1 aliphatic carbocycles. The van der Waals surface area contributed by atoms with E-state index in [9.17, 15) is 5.11 Å². The minimum atomic E-state index is -0.490. The van der Waals surface area contributed by atoms with E-state index in [2.05, 4.69) is 11.9 Å². The van der Waals surface area contributed by atoms with Gasteiger partial charge in [0, 0.05) is 17.3 Å². The molecule has 1 aromatic rings. The Morgan fingerprint density at radius 3 is 2.81 bits per heavy atom. The minimum Gasteiger partial charge on any atom is -0.386 e. The normalized spacial score (nSPS) is 32.6. The third-order valence-electron chi connectivity index (χ3n) is 3.99. The number of nitrogens with two attached hydrogens (primary N) is 1. The molecule has 0 bridgehead atoms. The predicted molar refractivity (Wildman–Crippen MR) is 66.2 cm³/mol. The summed E-state index contributed by atoms with van der Waals surface area (Å²) in [7, 11) is 0. The fourth-order valence-corrected chi connectivity index (χ4v) is 3.17. The van der Waals surface area contributed by atoms with E-state index in [1.807, 2.05) is 5.38 Å². The summed E-state index contributed by atoms with van der Waals surface area (Å²) < 4.78 is 0. The van der Waals surface area contributed by atoms with Crippen molar-refractivity contribution < 1.29 is 5.11 Å². The van der Waals surface area contributed by atoms with E-state index in [1.54, 1.807) is 5.51 Å². The molecule has 1 unspecified atom stereocenters. The second-order valence-electron chi connectivity index (χ2n) is 5.06. The van der Waals surface area contributed by atoms with Crippen LogP contribution in [0.5, 0.6) is 0 Å². The van der Waals surface area contributed by atoms with Gasteiger partial charge >= 0.3 is 0 Å². The van der Waals surface area contributed by atoms with E-state index in [0.717, 1.165) is 24.5 Å². The summed E-state index contributed by atoms with van der Waals surface area (Å²) in [6.45, 7) is 2.83. The van der Waals surface area contributed by atoms with Crippen molar-refractivity contribution in [1.82, 2.24) is 4.98 Å². The first-order valence-corrected chi connectivity index (χ1v) is 6.88. The van der Waals surface area contributed by atoms with Crippen molar-refractivity contribution in [3.05, 3.63) is 16.6 Å². The summed E-state index contributed by atoms with van der Waals surface area (Å²) in [4.78, 5) is 4.22. The third kappa shape index (κ3) is 2.14. The molecule has 0 amide bonds. The quantitative estimate of drug-likeness (QED) is 0.852. The van der Waals surface area contributed by atoms with Crippen LogP contribution in [0.3, 0.4) is 0 Å². The zero-order valence-corrected chi connectivity index (χ0v) is 10.5. The van der Waals surface area contributed by atoms with Crippen LogP contribution in [0.15, 0.2) is 10.9 Å². The lowest BCUT2D eigenvalue weighted by Crippen LogP contribution is -2.40. The van der Waals surface area contributed by atoms with Crippen LogP contribution < -0.4 is 5.73 Å². The Kier molecular flexibility index (Phi) is 3.62. The zero-order valence-electron chi connectivity index (χ0n) is 9.72. The van der Waals surface area contributed by atoms with Gasteiger partial charge in [0.2, 0.25) is 0 Å². The van der Waals surface area contributed by atoms with Crippen LogP contribution in [0.2, 0.25) is 0 Å². The molecule has 0 saturated heterocycles. The van der Waals surface area contributed by atoms with Gasteiger partial charge in [-0.2, -0.15) is 0 Å². The van der Waals surface area contributed by atoms with Gasteiger partial charge in [-0.1, -0.05) is 19.8 Å². The topological polar surface area (TPSA) is 59.1 Å². The maximum Gasteiger partial charge on any atom is 0.104 e. The van der Waals surface area contributed by atoms with Crippen molar-refractivity contribution >= 4 is 11.3 Å². The second-order valence-corrected chi connectivity index (χ2v) is 5.78. The largest absolute Gasteiger partial charge is 0.386 e. The van der Waals surface area contributed by atoms with Gasteiger partial charge in [0.25, 0.3) is 0 Å². The molecule has 3 nitrogen and oxygen atoms in total. The van der Waals surface area contributed by atoms with E-state index in [0.29, 0.717) is 6.54 Å². The highest BCUT2D eigenvalue weighted by Crippen LogP contribution is 2.46. The predicted octanol–water partition coefficient (Wildman–Crippen LogP) is 2.33. The molecule has 90 valence electrons. The van der Waals surface area contributed by atoms with Gasteiger partial charge in [0.05, 0.1) is 11.2 Å². The molecular formula is C12H20N2OS. The van der Waals surface area contributed by atoms with Crippen molar-refractivity contribution in [2.24, 2.45) is 17.1 Å². The molecule has 4 heteroatoms. The molecule has 1 atom stereocenters. The maximum absolute atomic E-state index is 10.4. The lowest BCUT2D eigenvalue weighted by Gasteiger charge is -2.41. The van der Waals surface area contributed by atoms with E-state index in [1.165, 1.54) is 24.2 Å². The summed E-state index contributed by atoms with van der Waals surface area (Å²) in [5.74, 6) is 0.766. The standard InChI is InChI=1S/C12H20N2OS/c1-9-2-4-12(7-13,5-3-9)11(15)10-6-16-8-14-10/h6,8-9,11,15H,2-5,7,13H2,1H3. The lowest BCUT2D eigenvalue weighted by molar-refractivity contribution is -0.0105. The SMILES string of the molecule is CC1CCC(CN)(C(O)c2cscn2)CC1. The van der Waals surface area contributed by atoms with Crippen LogP contribution >= 0.6 is 11.3 Å². The number of thiazole rings is 1. The molecule has 1 aromatic heterocycles. The molecule has 0 aliphatic heterocycles. The molecular weight excluding hydrogens is 220 g/mol. The van der Waals surface area contributed by atoms with Gasteiger partial charge in [-0.15, -0.1) is 11.3 Å². The van der Waals surface area contributed by atoms with Gasteiger partial charge in [0.15, 0.2) is 0 Å². The summed E-state index contributed by atoms with van der Waals surface area (Å²) in [6.07, 6.45) is 3.88. The van der Waals surface area contributed by atoms with Gasteiger partial charge in [-0.3, -0.25) is 0 Å². The summed E-state index contributed by atoms with van der Waals surface area (Å²) in [5.41, 5.74) is 8.34. The van der Waals surface area contributed by atoms with Gasteiger partial charge in [0.1, 0.15) is 6.10 Å². The highest BCUT2D eigenvalue weighted by molar-refractivity contribution is 7.07. The number of aliphatic hydroxyl groups is 1. The molecule has 0 spiro atoms. The van der Waals surface area contributed by atoms with Gasteiger partial charge in [-0.25, -0.2) is 4.98 Å². The van der Waals surface area contributed by atoms with Gasteiger partial charge < -0.3 is 10.8 Å². The van der Waals surface area contributed by atoms with Crippen LogP contribution in [-0.2, 0) is 0 Å². The Morgan fingerprint density at radius 2 is 2.31 bits per heavy atom. The third-order valence-corrected chi connectivity index (χ3v) is 4.59. The highest BCUT2D eigenvalue weighted by atomic mass is 32.1. The monoisotopic (exact) mass is 240 g/mol. The van der Waals surface area contributed by atoms with Crippen LogP contribution in [0.25, 0.3) is 0 Å². The van der Waals surface area contributed by atoms with E-state index >= 15 is 0 Å². The fourth-order valence-electron chi connectivity index (χ4n) is 2.60. The number of aromatic nitrogens is 1. The average Bonchev–Trinajstić information content (AvgIpc) is 2.83. The Bertz CT molecular complexity index is 318. The zero-order chi connectivity index (χ0) is 11.6. The summed E-state index contributed by atoms with van der Waals surface area (Å²) in [5, 5.41) is 12.4. The number of rotatable bonds is 3. The maximum atomic E-state index is 10.4. The minimum absolute atomic E-state index is 0.138. The van der Waals surface area contributed by atoms with E-state index in [4.69, 9.17) is 5.73 Å². The molecule has 0 radical (unpaired) electrons. The Labute approximate surface area is 101 Å². The molecule has 1 fully saturated rings. The molecule has 16 heavy (non-hydrogen) atoms. The Hall–Kier alpha value is -0.450. The Balaban J connectivity index is 2.15. The highest BCUT2D eigenvalue weighted by Gasteiger charge is 2.40. The fraction of sp³-hybridized carbons (Fsp3) is 0.750. The lowest BCUT2D eigenvalue weighted by atomic mass is 9.67. The first-order valence-electron chi connectivity index (χ1n) is 5.94. The molecule has 2 rings (SSSR count). The van der Waals surface area contributed by atoms with Crippen LogP contribution in [0.4, 0.5) is 0 Å². The van der Waals surface area contributed by atoms with Crippen molar-refractivity contribution in [2.75, 3.05) is 6.54 Å². The molecule has 3 N–H and O–H groups in total. The van der Waals surface area contributed by atoms with E-state index in [-0.39, 0.29) is 5.41 Å². The van der Waals surface area contributed by atoms with Crippen LogP contribution in [0.1, 0.15) is 44.4 Å². The number of nitrogens with zero attached hydrogens (tertiary/aromatic N) is 1. The Morgan fingerprint density at radius 1 is 1.62 bits per heavy atom. The van der Waals surface area contributed by atoms with E-state index < -0.39 is 6.10 Å². The number of hydrogen-bond donors (Lipinski definition) is 2. The summed E-state index contributed by atoms with van der Waals surface area (Å²) >= 11 is 1.53. The molecule has 0 aromatic carbocycles. The molecule has 1 aliphatic rings. The van der Waals surface area contributed by atoms with Crippen molar-refractivity contribution in [1.29, 1.82) is 0 Å². The first kappa shape index (κ1) is 12.0. The van der Waals surface area contributed by atoms with Crippen molar-refractivity contribution in [3.8, 4) is 0 Å². The van der Waals surface area contributed by atoms with Crippen molar-refractivity contribution in [3.63, 3.8) is 0 Å². The van der Waals surface area contributed by atoms with Gasteiger partial charge in [-0.05, 0) is 18.8 Å².